The number of carboxylic acid groups (broad SMARTS) is 1. The summed E-state index contributed by atoms with van der Waals surface area (Å²) < 4.78 is 0. The van der Waals surface area contributed by atoms with Gasteiger partial charge in [-0.25, -0.2) is 4.79 Å². The van der Waals surface area contributed by atoms with E-state index >= 15 is 0 Å². The lowest BCUT2D eigenvalue weighted by Gasteiger charge is -2.18. The van der Waals surface area contributed by atoms with Crippen molar-refractivity contribution in [3.05, 3.63) is 0 Å². The standard InChI is InChI=1S/C14H27NO3/c1-9(2)6-11(5)8-13(16)15-12(14(17)18)7-10(3)4/h9-12H,6-8H2,1-5H3,(H,15,16)(H,17,18)/t11?,12-/m1/s1. The highest BCUT2D eigenvalue weighted by Crippen LogP contribution is 2.14. The number of rotatable bonds is 8. The van der Waals surface area contributed by atoms with Crippen LogP contribution in [0.1, 0.15) is 53.9 Å². The largest absolute Gasteiger partial charge is 0.480 e. The summed E-state index contributed by atoms with van der Waals surface area (Å²) in [6.07, 6.45) is 1.86. The fourth-order valence-electron chi connectivity index (χ4n) is 2.15. The van der Waals surface area contributed by atoms with Crippen molar-refractivity contribution >= 4 is 11.9 Å². The average molecular weight is 257 g/mol. The summed E-state index contributed by atoms with van der Waals surface area (Å²) in [5.74, 6) is -0.0125. The minimum atomic E-state index is -0.950. The van der Waals surface area contributed by atoms with Crippen molar-refractivity contribution in [1.29, 1.82) is 0 Å². The maximum Gasteiger partial charge on any atom is 0.326 e. The van der Waals surface area contributed by atoms with Gasteiger partial charge in [0.15, 0.2) is 0 Å². The van der Waals surface area contributed by atoms with Crippen LogP contribution in [0.25, 0.3) is 0 Å². The monoisotopic (exact) mass is 257 g/mol. The van der Waals surface area contributed by atoms with E-state index in [9.17, 15) is 9.59 Å². The molecule has 0 radical (unpaired) electrons. The highest BCUT2D eigenvalue weighted by atomic mass is 16.4. The van der Waals surface area contributed by atoms with Gasteiger partial charge in [-0.15, -0.1) is 0 Å². The Balaban J connectivity index is 4.21. The van der Waals surface area contributed by atoms with Gasteiger partial charge in [-0.3, -0.25) is 4.79 Å². The molecule has 0 bridgehead atoms. The fourth-order valence-corrected chi connectivity index (χ4v) is 2.15. The van der Waals surface area contributed by atoms with Crippen LogP contribution in [-0.4, -0.2) is 23.0 Å². The molecule has 0 aliphatic rings. The Kier molecular flexibility index (Phi) is 7.64. The third-order valence-corrected chi connectivity index (χ3v) is 2.75. The molecule has 1 amide bonds. The molecule has 0 saturated carbocycles. The van der Waals surface area contributed by atoms with Crippen molar-refractivity contribution in [2.45, 2.75) is 59.9 Å². The van der Waals surface area contributed by atoms with E-state index in [4.69, 9.17) is 5.11 Å². The number of amides is 1. The molecule has 2 N–H and O–H groups in total. The van der Waals surface area contributed by atoms with Crippen molar-refractivity contribution in [2.24, 2.45) is 17.8 Å². The van der Waals surface area contributed by atoms with E-state index in [1.165, 1.54) is 0 Å². The lowest BCUT2D eigenvalue weighted by atomic mass is 9.95. The van der Waals surface area contributed by atoms with Crippen LogP contribution in [0.3, 0.4) is 0 Å². The molecule has 0 heterocycles. The number of carbonyl (C=O) groups excluding carboxylic acids is 1. The first kappa shape index (κ1) is 16.9. The number of hydrogen-bond donors (Lipinski definition) is 2. The van der Waals surface area contributed by atoms with E-state index in [-0.39, 0.29) is 11.8 Å². The zero-order valence-corrected chi connectivity index (χ0v) is 12.2. The van der Waals surface area contributed by atoms with Gasteiger partial charge in [-0.2, -0.15) is 0 Å². The van der Waals surface area contributed by atoms with Gasteiger partial charge in [0.1, 0.15) is 6.04 Å². The Morgan fingerprint density at radius 1 is 1.00 bits per heavy atom. The van der Waals surface area contributed by atoms with Gasteiger partial charge in [0.25, 0.3) is 0 Å². The molecule has 0 rings (SSSR count). The number of aliphatic carboxylic acids is 1. The van der Waals surface area contributed by atoms with Gasteiger partial charge in [0.05, 0.1) is 0 Å². The van der Waals surface area contributed by atoms with Gasteiger partial charge in [0, 0.05) is 6.42 Å². The van der Waals surface area contributed by atoms with Crippen LogP contribution in [0.4, 0.5) is 0 Å². The van der Waals surface area contributed by atoms with E-state index in [1.807, 2.05) is 20.8 Å². The first-order valence-corrected chi connectivity index (χ1v) is 6.74. The Labute approximate surface area is 110 Å². The minimum absolute atomic E-state index is 0.156. The van der Waals surface area contributed by atoms with Crippen molar-refractivity contribution in [3.8, 4) is 0 Å². The highest BCUT2D eigenvalue weighted by molar-refractivity contribution is 5.83. The smallest absolute Gasteiger partial charge is 0.326 e. The van der Waals surface area contributed by atoms with E-state index in [2.05, 4.69) is 19.2 Å². The van der Waals surface area contributed by atoms with E-state index in [1.54, 1.807) is 0 Å². The van der Waals surface area contributed by atoms with E-state index in [0.29, 0.717) is 24.7 Å². The van der Waals surface area contributed by atoms with Crippen molar-refractivity contribution in [3.63, 3.8) is 0 Å². The molecule has 0 aromatic rings. The molecule has 0 aromatic heterocycles. The normalized spacial score (nSPS) is 14.6. The first-order chi connectivity index (χ1) is 8.22. The van der Waals surface area contributed by atoms with Crippen LogP contribution in [0.5, 0.6) is 0 Å². The number of carboxylic acids is 1. The fraction of sp³-hybridized carbons (Fsp3) is 0.857. The summed E-state index contributed by atoms with van der Waals surface area (Å²) in [6.45, 7) is 10.2. The molecule has 18 heavy (non-hydrogen) atoms. The number of carbonyl (C=O) groups is 2. The van der Waals surface area contributed by atoms with E-state index < -0.39 is 12.0 Å². The number of hydrogen-bond acceptors (Lipinski definition) is 2. The average Bonchev–Trinajstić information content (AvgIpc) is 2.13. The Bertz CT molecular complexity index is 274. The van der Waals surface area contributed by atoms with Crippen LogP contribution in [-0.2, 0) is 9.59 Å². The topological polar surface area (TPSA) is 66.4 Å². The quantitative estimate of drug-likeness (QED) is 0.702. The Morgan fingerprint density at radius 3 is 1.89 bits per heavy atom. The highest BCUT2D eigenvalue weighted by Gasteiger charge is 2.21. The Hall–Kier alpha value is -1.06. The second-order valence-electron chi connectivity index (χ2n) is 6.03. The van der Waals surface area contributed by atoms with Gasteiger partial charge in [0.2, 0.25) is 5.91 Å². The summed E-state index contributed by atoms with van der Waals surface area (Å²) >= 11 is 0. The molecule has 106 valence electrons. The molecule has 0 saturated heterocycles. The summed E-state index contributed by atoms with van der Waals surface area (Å²) in [6, 6.07) is -0.760. The first-order valence-electron chi connectivity index (χ1n) is 6.74. The molecular weight excluding hydrogens is 230 g/mol. The minimum Gasteiger partial charge on any atom is -0.480 e. The van der Waals surface area contributed by atoms with Gasteiger partial charge in [-0.1, -0.05) is 34.6 Å². The predicted molar refractivity (Wildman–Crippen MR) is 72.3 cm³/mol. The van der Waals surface area contributed by atoms with Crippen molar-refractivity contribution in [1.82, 2.24) is 5.32 Å². The Morgan fingerprint density at radius 2 is 1.50 bits per heavy atom. The lowest BCUT2D eigenvalue weighted by molar-refractivity contribution is -0.142. The van der Waals surface area contributed by atoms with Crippen LogP contribution in [0.2, 0.25) is 0 Å². The van der Waals surface area contributed by atoms with Gasteiger partial charge in [-0.05, 0) is 30.6 Å². The van der Waals surface area contributed by atoms with Crippen LogP contribution in [0.15, 0.2) is 0 Å². The van der Waals surface area contributed by atoms with Gasteiger partial charge >= 0.3 is 5.97 Å². The molecule has 1 unspecified atom stereocenters. The molecule has 0 aromatic carbocycles. The van der Waals surface area contributed by atoms with Crippen LogP contribution in [0, 0.1) is 17.8 Å². The third kappa shape index (κ3) is 8.09. The summed E-state index contributed by atoms with van der Waals surface area (Å²) in [5, 5.41) is 11.6. The summed E-state index contributed by atoms with van der Waals surface area (Å²) in [4.78, 5) is 22.8. The van der Waals surface area contributed by atoms with Crippen LogP contribution >= 0.6 is 0 Å². The van der Waals surface area contributed by atoms with Crippen molar-refractivity contribution in [2.75, 3.05) is 0 Å². The molecule has 4 nitrogen and oxygen atoms in total. The molecule has 2 atom stereocenters. The maximum absolute atomic E-state index is 11.8. The SMILES string of the molecule is CC(C)CC(C)CC(=O)N[C@H](CC(C)C)C(=O)O. The van der Waals surface area contributed by atoms with E-state index in [0.717, 1.165) is 6.42 Å². The third-order valence-electron chi connectivity index (χ3n) is 2.75. The zero-order chi connectivity index (χ0) is 14.3. The summed E-state index contributed by atoms with van der Waals surface area (Å²) in [5.41, 5.74) is 0. The maximum atomic E-state index is 11.8. The van der Waals surface area contributed by atoms with Gasteiger partial charge < -0.3 is 10.4 Å². The molecule has 0 spiro atoms. The second-order valence-corrected chi connectivity index (χ2v) is 6.03. The van der Waals surface area contributed by atoms with Crippen LogP contribution < -0.4 is 5.32 Å². The molecule has 0 fully saturated rings. The lowest BCUT2D eigenvalue weighted by Crippen LogP contribution is -2.42. The molecule has 4 heteroatoms. The molecule has 0 aliphatic heterocycles. The van der Waals surface area contributed by atoms with Crippen molar-refractivity contribution < 1.29 is 14.7 Å². The summed E-state index contributed by atoms with van der Waals surface area (Å²) in [7, 11) is 0. The predicted octanol–water partition coefficient (Wildman–Crippen LogP) is 2.67. The second kappa shape index (κ2) is 8.11. The zero-order valence-electron chi connectivity index (χ0n) is 12.2. The molecule has 0 aliphatic carbocycles. The number of nitrogens with one attached hydrogen (secondary N) is 1. The molecular formula is C14H27NO3.